The van der Waals surface area contributed by atoms with Crippen LogP contribution in [0.2, 0.25) is 0 Å². The third kappa shape index (κ3) is 4.20. The lowest BCUT2D eigenvalue weighted by molar-refractivity contribution is 0.242. The molecule has 2 aromatic carbocycles. The van der Waals surface area contributed by atoms with Gasteiger partial charge in [-0.3, -0.25) is 9.88 Å². The number of hydrogen-bond donors (Lipinski definition) is 0. The monoisotopic (exact) mass is 414 g/mol. The SMILES string of the molecule is Fc1ccc(-c2ccc(CN3CCc4nc(-c5ccccc5)ncc4C3)cn2)c(F)c1. The van der Waals surface area contributed by atoms with Crippen LogP contribution in [0.3, 0.4) is 0 Å². The number of rotatable bonds is 4. The number of fused-ring (bicyclic) bond motifs is 1. The molecule has 0 bridgehead atoms. The highest BCUT2D eigenvalue weighted by Gasteiger charge is 2.19. The van der Waals surface area contributed by atoms with Crippen LogP contribution in [0.25, 0.3) is 22.6 Å². The minimum absolute atomic E-state index is 0.297. The first kappa shape index (κ1) is 19.5. The van der Waals surface area contributed by atoms with Crippen molar-refractivity contribution >= 4 is 0 Å². The number of nitrogens with zero attached hydrogens (tertiary/aromatic N) is 4. The third-order valence-corrected chi connectivity index (χ3v) is 5.48. The molecule has 0 unspecified atom stereocenters. The first-order valence-corrected chi connectivity index (χ1v) is 10.2. The Labute approximate surface area is 179 Å². The van der Waals surface area contributed by atoms with Gasteiger partial charge in [0.2, 0.25) is 0 Å². The van der Waals surface area contributed by atoms with Crippen molar-refractivity contribution in [1.29, 1.82) is 0 Å². The first-order valence-electron chi connectivity index (χ1n) is 10.2. The smallest absolute Gasteiger partial charge is 0.159 e. The summed E-state index contributed by atoms with van der Waals surface area (Å²) in [6.45, 7) is 2.41. The van der Waals surface area contributed by atoms with Gasteiger partial charge in [-0.1, -0.05) is 36.4 Å². The summed E-state index contributed by atoms with van der Waals surface area (Å²) in [6.07, 6.45) is 4.54. The zero-order valence-electron chi connectivity index (χ0n) is 16.8. The van der Waals surface area contributed by atoms with E-state index in [0.29, 0.717) is 11.3 Å². The molecule has 31 heavy (non-hydrogen) atoms. The maximum atomic E-state index is 14.0. The van der Waals surface area contributed by atoms with Gasteiger partial charge in [0.25, 0.3) is 0 Å². The van der Waals surface area contributed by atoms with Gasteiger partial charge in [-0.15, -0.1) is 0 Å². The van der Waals surface area contributed by atoms with Gasteiger partial charge in [0.1, 0.15) is 11.6 Å². The van der Waals surface area contributed by atoms with Crippen LogP contribution < -0.4 is 0 Å². The predicted octanol–water partition coefficient (Wildman–Crippen LogP) is 5.04. The van der Waals surface area contributed by atoms with Gasteiger partial charge < -0.3 is 0 Å². The van der Waals surface area contributed by atoms with Crippen LogP contribution in [-0.2, 0) is 19.5 Å². The maximum absolute atomic E-state index is 14.0. The van der Waals surface area contributed by atoms with Crippen LogP contribution in [0.5, 0.6) is 0 Å². The molecular formula is C25H20F2N4. The number of pyridine rings is 1. The molecule has 0 aliphatic carbocycles. The second kappa shape index (κ2) is 8.32. The fourth-order valence-electron chi connectivity index (χ4n) is 3.87. The van der Waals surface area contributed by atoms with Gasteiger partial charge in [-0.05, 0) is 23.8 Å². The topological polar surface area (TPSA) is 41.9 Å². The Kier molecular flexibility index (Phi) is 5.22. The molecule has 4 aromatic rings. The van der Waals surface area contributed by atoms with E-state index in [9.17, 15) is 8.78 Å². The summed E-state index contributed by atoms with van der Waals surface area (Å²) in [4.78, 5) is 16.0. The van der Waals surface area contributed by atoms with Gasteiger partial charge in [0, 0.05) is 61.2 Å². The Morgan fingerprint density at radius 2 is 1.77 bits per heavy atom. The Hall–Kier alpha value is -3.51. The van der Waals surface area contributed by atoms with Crippen molar-refractivity contribution in [1.82, 2.24) is 19.9 Å². The molecule has 5 rings (SSSR count). The summed E-state index contributed by atoms with van der Waals surface area (Å²) in [5.41, 5.74) is 5.10. The minimum atomic E-state index is -0.609. The van der Waals surface area contributed by atoms with E-state index in [2.05, 4.69) is 14.9 Å². The van der Waals surface area contributed by atoms with Crippen molar-refractivity contribution in [2.24, 2.45) is 0 Å². The Morgan fingerprint density at radius 1 is 0.903 bits per heavy atom. The standard InChI is InChI=1S/C25H20F2N4/c26-20-7-8-21(22(27)12-20)24-9-6-17(13-28-24)15-31-11-10-23-19(16-31)14-29-25(30-23)18-4-2-1-3-5-18/h1-9,12-14H,10-11,15-16H2. The van der Waals surface area contributed by atoms with Gasteiger partial charge in [0.15, 0.2) is 5.82 Å². The van der Waals surface area contributed by atoms with Gasteiger partial charge in [-0.25, -0.2) is 18.7 Å². The summed E-state index contributed by atoms with van der Waals surface area (Å²) in [5.74, 6) is -0.438. The lowest BCUT2D eigenvalue weighted by atomic mass is 10.1. The average molecular weight is 414 g/mol. The molecule has 0 spiro atoms. The highest BCUT2D eigenvalue weighted by atomic mass is 19.1. The molecule has 2 aromatic heterocycles. The maximum Gasteiger partial charge on any atom is 0.159 e. The highest BCUT2D eigenvalue weighted by Crippen LogP contribution is 2.24. The minimum Gasteiger partial charge on any atom is -0.294 e. The Morgan fingerprint density at radius 3 is 2.55 bits per heavy atom. The lowest BCUT2D eigenvalue weighted by Crippen LogP contribution is -2.31. The predicted molar refractivity (Wildman–Crippen MR) is 115 cm³/mol. The fourth-order valence-corrected chi connectivity index (χ4v) is 3.87. The number of aromatic nitrogens is 3. The summed E-state index contributed by atoms with van der Waals surface area (Å²) in [6, 6.07) is 17.2. The van der Waals surface area contributed by atoms with Crippen LogP contribution in [0.4, 0.5) is 8.78 Å². The second-order valence-electron chi connectivity index (χ2n) is 7.67. The van der Waals surface area contributed by atoms with Crippen molar-refractivity contribution < 1.29 is 8.78 Å². The van der Waals surface area contributed by atoms with Crippen molar-refractivity contribution in [2.75, 3.05) is 6.54 Å². The second-order valence-corrected chi connectivity index (χ2v) is 7.67. The Balaban J connectivity index is 1.28. The molecule has 4 nitrogen and oxygen atoms in total. The fraction of sp³-hybridized carbons (Fsp3) is 0.160. The van der Waals surface area contributed by atoms with E-state index in [1.54, 1.807) is 12.3 Å². The highest BCUT2D eigenvalue weighted by molar-refractivity contribution is 5.60. The normalized spacial score (nSPS) is 13.7. The van der Waals surface area contributed by atoms with Crippen LogP contribution in [-0.4, -0.2) is 26.4 Å². The van der Waals surface area contributed by atoms with Crippen LogP contribution >= 0.6 is 0 Å². The molecule has 0 saturated heterocycles. The Bertz CT molecular complexity index is 1210. The molecule has 0 saturated carbocycles. The average Bonchev–Trinajstić information content (AvgIpc) is 2.80. The van der Waals surface area contributed by atoms with Crippen molar-refractivity contribution in [2.45, 2.75) is 19.5 Å². The van der Waals surface area contributed by atoms with E-state index in [-0.39, 0.29) is 0 Å². The molecule has 0 fully saturated rings. The van der Waals surface area contributed by atoms with Crippen molar-refractivity contribution in [3.63, 3.8) is 0 Å². The van der Waals surface area contributed by atoms with Crippen molar-refractivity contribution in [3.8, 4) is 22.6 Å². The van der Waals surface area contributed by atoms with Gasteiger partial charge >= 0.3 is 0 Å². The molecule has 6 heteroatoms. The largest absolute Gasteiger partial charge is 0.294 e. The summed E-state index contributed by atoms with van der Waals surface area (Å²) < 4.78 is 27.1. The summed E-state index contributed by atoms with van der Waals surface area (Å²) >= 11 is 0. The van der Waals surface area contributed by atoms with E-state index < -0.39 is 11.6 Å². The molecule has 0 radical (unpaired) electrons. The van der Waals surface area contributed by atoms with E-state index in [1.165, 1.54) is 12.1 Å². The quantitative estimate of drug-likeness (QED) is 0.469. The number of halogens is 2. The molecule has 154 valence electrons. The molecule has 1 aliphatic heterocycles. The zero-order chi connectivity index (χ0) is 21.2. The summed E-state index contributed by atoms with van der Waals surface area (Å²) in [7, 11) is 0. The molecule has 0 N–H and O–H groups in total. The van der Waals surface area contributed by atoms with E-state index >= 15 is 0 Å². The summed E-state index contributed by atoms with van der Waals surface area (Å²) in [5, 5.41) is 0. The van der Waals surface area contributed by atoms with Crippen LogP contribution in [0, 0.1) is 11.6 Å². The van der Waals surface area contributed by atoms with E-state index in [4.69, 9.17) is 4.98 Å². The zero-order valence-corrected chi connectivity index (χ0v) is 16.8. The molecule has 1 aliphatic rings. The van der Waals surface area contributed by atoms with Crippen LogP contribution in [0.1, 0.15) is 16.8 Å². The van der Waals surface area contributed by atoms with E-state index in [1.807, 2.05) is 42.6 Å². The van der Waals surface area contributed by atoms with Gasteiger partial charge in [-0.2, -0.15) is 0 Å². The molecule has 0 atom stereocenters. The number of benzene rings is 2. The molecule has 3 heterocycles. The molecular weight excluding hydrogens is 394 g/mol. The van der Waals surface area contributed by atoms with E-state index in [0.717, 1.165) is 60.3 Å². The number of hydrogen-bond acceptors (Lipinski definition) is 4. The molecule has 0 amide bonds. The van der Waals surface area contributed by atoms with Gasteiger partial charge in [0.05, 0.1) is 11.4 Å². The van der Waals surface area contributed by atoms with Crippen molar-refractivity contribution in [3.05, 3.63) is 102 Å². The third-order valence-electron chi connectivity index (χ3n) is 5.48. The lowest BCUT2D eigenvalue weighted by Gasteiger charge is -2.28. The first-order chi connectivity index (χ1) is 15.2. The van der Waals surface area contributed by atoms with Crippen LogP contribution in [0.15, 0.2) is 73.1 Å².